The van der Waals surface area contributed by atoms with Gasteiger partial charge in [0.25, 0.3) is 5.91 Å². The molecule has 0 aliphatic carbocycles. The van der Waals surface area contributed by atoms with Crippen LogP contribution in [0, 0.1) is 0 Å². The molecule has 0 spiro atoms. The van der Waals surface area contributed by atoms with Crippen molar-refractivity contribution in [3.8, 4) is 11.3 Å². The number of halogens is 1. The van der Waals surface area contributed by atoms with E-state index < -0.39 is 0 Å². The van der Waals surface area contributed by atoms with Crippen LogP contribution >= 0.6 is 11.6 Å². The topological polar surface area (TPSA) is 53.4 Å². The standard InChI is InChI=1S/C16H17ClN2O2/c1-2-19(8-9-20)16(21)13-5-3-4-12(10-13)15-7-6-14(17)11-18-15/h3-7,10-11,20H,2,8-9H2,1H3. The molecule has 0 bridgehead atoms. The van der Waals surface area contributed by atoms with Crippen LogP contribution in [0.1, 0.15) is 17.3 Å². The minimum Gasteiger partial charge on any atom is -0.395 e. The van der Waals surface area contributed by atoms with E-state index >= 15 is 0 Å². The minimum atomic E-state index is -0.0950. The Bertz CT molecular complexity index is 614. The molecule has 0 unspecified atom stereocenters. The molecule has 1 N–H and O–H groups in total. The zero-order valence-electron chi connectivity index (χ0n) is 11.8. The molecule has 1 heterocycles. The number of aromatic nitrogens is 1. The van der Waals surface area contributed by atoms with E-state index in [-0.39, 0.29) is 12.5 Å². The second-order valence-corrected chi connectivity index (χ2v) is 4.99. The second-order valence-electron chi connectivity index (χ2n) is 4.55. The number of carbonyl (C=O) groups is 1. The molecule has 2 rings (SSSR count). The third-order valence-corrected chi connectivity index (χ3v) is 3.40. The lowest BCUT2D eigenvalue weighted by molar-refractivity contribution is 0.0732. The van der Waals surface area contributed by atoms with E-state index in [0.29, 0.717) is 23.7 Å². The van der Waals surface area contributed by atoms with Crippen molar-refractivity contribution < 1.29 is 9.90 Å². The summed E-state index contributed by atoms with van der Waals surface area (Å²) in [5.74, 6) is -0.0950. The Balaban J connectivity index is 2.28. The third-order valence-electron chi connectivity index (χ3n) is 3.17. The summed E-state index contributed by atoms with van der Waals surface area (Å²) in [5, 5.41) is 9.58. The van der Waals surface area contributed by atoms with Crippen LogP contribution in [0.5, 0.6) is 0 Å². The fraction of sp³-hybridized carbons (Fsp3) is 0.250. The maximum atomic E-state index is 12.4. The van der Waals surface area contributed by atoms with E-state index in [2.05, 4.69) is 4.98 Å². The van der Waals surface area contributed by atoms with E-state index in [1.807, 2.05) is 25.1 Å². The van der Waals surface area contributed by atoms with Crippen LogP contribution in [0.4, 0.5) is 0 Å². The highest BCUT2D eigenvalue weighted by Crippen LogP contribution is 2.20. The molecule has 0 saturated carbocycles. The lowest BCUT2D eigenvalue weighted by atomic mass is 10.1. The highest BCUT2D eigenvalue weighted by atomic mass is 35.5. The Morgan fingerprint density at radius 1 is 1.33 bits per heavy atom. The van der Waals surface area contributed by atoms with Gasteiger partial charge in [0.2, 0.25) is 0 Å². The Labute approximate surface area is 129 Å². The Kier molecular flexibility index (Phi) is 5.31. The summed E-state index contributed by atoms with van der Waals surface area (Å²) in [6.07, 6.45) is 1.58. The van der Waals surface area contributed by atoms with Crippen molar-refractivity contribution in [2.45, 2.75) is 6.92 Å². The van der Waals surface area contributed by atoms with Crippen molar-refractivity contribution in [2.75, 3.05) is 19.7 Å². The SMILES string of the molecule is CCN(CCO)C(=O)c1cccc(-c2ccc(Cl)cn2)c1. The number of hydrogen-bond acceptors (Lipinski definition) is 3. The second kappa shape index (κ2) is 7.20. The van der Waals surface area contributed by atoms with Gasteiger partial charge >= 0.3 is 0 Å². The average Bonchev–Trinajstić information content (AvgIpc) is 2.53. The van der Waals surface area contributed by atoms with Crippen LogP contribution in [-0.2, 0) is 0 Å². The quantitative estimate of drug-likeness (QED) is 0.924. The fourth-order valence-electron chi connectivity index (χ4n) is 2.06. The molecular formula is C16H17ClN2O2. The van der Waals surface area contributed by atoms with Crippen LogP contribution in [0.25, 0.3) is 11.3 Å². The predicted octanol–water partition coefficient (Wildman–Crippen LogP) is 2.86. The molecule has 1 aromatic carbocycles. The van der Waals surface area contributed by atoms with E-state index in [1.165, 1.54) is 0 Å². The number of nitrogens with zero attached hydrogens (tertiary/aromatic N) is 2. The zero-order valence-corrected chi connectivity index (χ0v) is 12.5. The van der Waals surface area contributed by atoms with Gasteiger partial charge in [0.05, 0.1) is 17.3 Å². The number of carbonyl (C=O) groups excluding carboxylic acids is 1. The van der Waals surface area contributed by atoms with E-state index in [1.54, 1.807) is 29.3 Å². The van der Waals surface area contributed by atoms with Crippen molar-refractivity contribution in [1.82, 2.24) is 9.88 Å². The minimum absolute atomic E-state index is 0.0436. The number of rotatable bonds is 5. The highest BCUT2D eigenvalue weighted by Gasteiger charge is 2.14. The van der Waals surface area contributed by atoms with Crippen molar-refractivity contribution in [1.29, 1.82) is 0 Å². The molecule has 0 radical (unpaired) electrons. The molecule has 2 aromatic rings. The fourth-order valence-corrected chi connectivity index (χ4v) is 2.18. The van der Waals surface area contributed by atoms with Gasteiger partial charge in [-0.1, -0.05) is 23.7 Å². The summed E-state index contributed by atoms with van der Waals surface area (Å²) >= 11 is 5.83. The molecule has 0 aliphatic heterocycles. The van der Waals surface area contributed by atoms with Gasteiger partial charge in [-0.25, -0.2) is 0 Å². The number of amides is 1. The predicted molar refractivity (Wildman–Crippen MR) is 83.3 cm³/mol. The van der Waals surface area contributed by atoms with Gasteiger partial charge in [-0.2, -0.15) is 0 Å². The maximum Gasteiger partial charge on any atom is 0.253 e. The van der Waals surface area contributed by atoms with Crippen LogP contribution in [0.2, 0.25) is 5.02 Å². The smallest absolute Gasteiger partial charge is 0.253 e. The van der Waals surface area contributed by atoms with Crippen LogP contribution in [0.3, 0.4) is 0 Å². The zero-order chi connectivity index (χ0) is 15.2. The molecule has 110 valence electrons. The number of aliphatic hydroxyl groups excluding tert-OH is 1. The number of hydrogen-bond donors (Lipinski definition) is 1. The molecule has 4 nitrogen and oxygen atoms in total. The summed E-state index contributed by atoms with van der Waals surface area (Å²) in [7, 11) is 0. The summed E-state index contributed by atoms with van der Waals surface area (Å²) < 4.78 is 0. The summed E-state index contributed by atoms with van der Waals surface area (Å²) in [6.45, 7) is 2.73. The average molecular weight is 305 g/mol. The molecule has 1 aromatic heterocycles. The van der Waals surface area contributed by atoms with E-state index in [9.17, 15) is 4.79 Å². The number of likely N-dealkylation sites (N-methyl/N-ethyl adjacent to an activating group) is 1. The van der Waals surface area contributed by atoms with Crippen molar-refractivity contribution >= 4 is 17.5 Å². The third kappa shape index (κ3) is 3.80. The first-order chi connectivity index (χ1) is 10.2. The first kappa shape index (κ1) is 15.5. The van der Waals surface area contributed by atoms with Crippen LogP contribution in [0.15, 0.2) is 42.6 Å². The maximum absolute atomic E-state index is 12.4. The molecule has 21 heavy (non-hydrogen) atoms. The van der Waals surface area contributed by atoms with E-state index in [0.717, 1.165) is 11.3 Å². The van der Waals surface area contributed by atoms with Gasteiger partial charge in [-0.3, -0.25) is 9.78 Å². The largest absolute Gasteiger partial charge is 0.395 e. The molecule has 5 heteroatoms. The van der Waals surface area contributed by atoms with Gasteiger partial charge in [0.1, 0.15) is 0 Å². The lowest BCUT2D eigenvalue weighted by Crippen LogP contribution is -2.33. The first-order valence-corrected chi connectivity index (χ1v) is 7.15. The summed E-state index contributed by atoms with van der Waals surface area (Å²) in [5.41, 5.74) is 2.20. The van der Waals surface area contributed by atoms with E-state index in [4.69, 9.17) is 16.7 Å². The van der Waals surface area contributed by atoms with Gasteiger partial charge < -0.3 is 10.0 Å². The Morgan fingerprint density at radius 3 is 2.76 bits per heavy atom. The number of pyridine rings is 1. The molecule has 0 atom stereocenters. The number of benzene rings is 1. The van der Waals surface area contributed by atoms with Gasteiger partial charge in [-0.05, 0) is 31.2 Å². The monoisotopic (exact) mass is 304 g/mol. The molecule has 0 aliphatic rings. The highest BCUT2D eigenvalue weighted by molar-refractivity contribution is 6.30. The van der Waals surface area contributed by atoms with Crippen LogP contribution < -0.4 is 0 Å². The van der Waals surface area contributed by atoms with Crippen molar-refractivity contribution in [2.24, 2.45) is 0 Å². The lowest BCUT2D eigenvalue weighted by Gasteiger charge is -2.19. The molecule has 0 fully saturated rings. The Morgan fingerprint density at radius 2 is 2.14 bits per heavy atom. The summed E-state index contributed by atoms with van der Waals surface area (Å²) in [4.78, 5) is 18.2. The first-order valence-electron chi connectivity index (χ1n) is 6.78. The molecule has 1 amide bonds. The van der Waals surface area contributed by atoms with Gasteiger partial charge in [0.15, 0.2) is 0 Å². The number of aliphatic hydroxyl groups is 1. The van der Waals surface area contributed by atoms with Crippen LogP contribution in [-0.4, -0.2) is 40.6 Å². The van der Waals surface area contributed by atoms with Gasteiger partial charge in [-0.15, -0.1) is 0 Å². The molecular weight excluding hydrogens is 288 g/mol. The summed E-state index contributed by atoms with van der Waals surface area (Å²) in [6, 6.07) is 10.9. The normalized spacial score (nSPS) is 10.4. The van der Waals surface area contributed by atoms with Crippen molar-refractivity contribution in [3.05, 3.63) is 53.2 Å². The Hall–Kier alpha value is -1.91. The molecule has 0 saturated heterocycles. The van der Waals surface area contributed by atoms with Crippen molar-refractivity contribution in [3.63, 3.8) is 0 Å². The van der Waals surface area contributed by atoms with Gasteiger partial charge in [0, 0.05) is 30.4 Å².